The molecule has 3 aromatic heterocycles. The Balaban J connectivity index is 1.38. The van der Waals surface area contributed by atoms with Crippen molar-refractivity contribution in [1.29, 1.82) is 0 Å². The van der Waals surface area contributed by atoms with E-state index < -0.39 is 5.60 Å². The summed E-state index contributed by atoms with van der Waals surface area (Å²) in [5, 5.41) is 5.07. The van der Waals surface area contributed by atoms with Crippen molar-refractivity contribution < 1.29 is 18.5 Å². The molecule has 172 valence electrons. The summed E-state index contributed by atoms with van der Waals surface area (Å²) in [6.07, 6.45) is 5.99. The number of carbonyl (C=O) groups excluding carboxylic acids is 1. The van der Waals surface area contributed by atoms with E-state index in [-0.39, 0.29) is 6.09 Å². The normalized spacial score (nSPS) is 15.6. The lowest BCUT2D eigenvalue weighted by atomic mass is 10.0. The highest BCUT2D eigenvalue weighted by atomic mass is 16.6. The number of likely N-dealkylation sites (tertiary alicyclic amines) is 1. The molecule has 0 saturated carbocycles. The van der Waals surface area contributed by atoms with E-state index in [0.29, 0.717) is 43.2 Å². The summed E-state index contributed by atoms with van der Waals surface area (Å²) in [4.78, 5) is 25.2. The Morgan fingerprint density at radius 3 is 2.78 bits per heavy atom. The van der Waals surface area contributed by atoms with Crippen LogP contribution >= 0.6 is 0 Å². The van der Waals surface area contributed by atoms with Gasteiger partial charge in [-0.05, 0) is 58.7 Å². The number of aromatic nitrogens is 3. The van der Waals surface area contributed by atoms with Crippen molar-refractivity contribution in [2.45, 2.75) is 65.1 Å². The first kappa shape index (κ1) is 22.3. The Bertz CT molecular complexity index is 1010. The van der Waals surface area contributed by atoms with Crippen LogP contribution in [0.25, 0.3) is 22.6 Å². The number of nitrogens with zero attached hydrogens (tertiary/aromatic N) is 5. The minimum Gasteiger partial charge on any atom is -0.451 e. The van der Waals surface area contributed by atoms with Crippen LogP contribution in [0.15, 0.2) is 33.5 Å². The molecule has 4 heterocycles. The van der Waals surface area contributed by atoms with Crippen molar-refractivity contribution in [3.63, 3.8) is 0 Å². The van der Waals surface area contributed by atoms with Crippen LogP contribution in [-0.4, -0.2) is 62.3 Å². The van der Waals surface area contributed by atoms with Gasteiger partial charge in [0.25, 0.3) is 5.89 Å². The number of hydrogen-bond donors (Lipinski definition) is 0. The Labute approximate surface area is 187 Å². The third-order valence-corrected chi connectivity index (χ3v) is 5.48. The second kappa shape index (κ2) is 9.28. The van der Waals surface area contributed by atoms with Crippen molar-refractivity contribution in [3.05, 3.63) is 30.4 Å². The quantitative estimate of drug-likeness (QED) is 0.552. The molecule has 9 nitrogen and oxygen atoms in total. The number of rotatable bonds is 6. The van der Waals surface area contributed by atoms with Gasteiger partial charge >= 0.3 is 6.09 Å². The maximum Gasteiger partial charge on any atom is 0.410 e. The lowest BCUT2D eigenvalue weighted by Gasteiger charge is -2.38. The fourth-order valence-electron chi connectivity index (χ4n) is 4.01. The number of pyridine rings is 1. The van der Waals surface area contributed by atoms with Crippen LogP contribution in [0, 0.1) is 0 Å². The number of furan rings is 1. The van der Waals surface area contributed by atoms with Gasteiger partial charge < -0.3 is 18.6 Å². The molecule has 1 aliphatic heterocycles. The topological polar surface area (TPSA) is 97.7 Å². The molecule has 1 aliphatic rings. The molecule has 0 unspecified atom stereocenters. The van der Waals surface area contributed by atoms with Gasteiger partial charge in [-0.3, -0.25) is 9.88 Å². The lowest BCUT2D eigenvalue weighted by Crippen LogP contribution is -2.48. The number of hydrogen-bond acceptors (Lipinski definition) is 8. The molecular formula is C23H31N5O4. The van der Waals surface area contributed by atoms with Gasteiger partial charge in [-0.2, -0.15) is 4.98 Å². The Kier molecular flexibility index (Phi) is 6.45. The number of carbonyl (C=O) groups is 1. The van der Waals surface area contributed by atoms with Gasteiger partial charge in [0.1, 0.15) is 11.2 Å². The van der Waals surface area contributed by atoms with Gasteiger partial charge in [-0.1, -0.05) is 12.1 Å². The first-order chi connectivity index (χ1) is 15.3. The molecular weight excluding hydrogens is 410 g/mol. The number of piperidine rings is 1. The lowest BCUT2D eigenvalue weighted by molar-refractivity contribution is 0.0135. The maximum absolute atomic E-state index is 12.4. The smallest absolute Gasteiger partial charge is 0.410 e. The molecule has 0 atom stereocenters. The molecule has 1 fully saturated rings. The van der Waals surface area contributed by atoms with Crippen LogP contribution in [0.5, 0.6) is 0 Å². The van der Waals surface area contributed by atoms with Gasteiger partial charge in [-0.25, -0.2) is 4.79 Å². The number of amides is 1. The maximum atomic E-state index is 12.4. The SMILES string of the molecule is CCCN(Cc1noc(-c2cc3cnccc3o2)n1)C1CCN(C(=O)OC(C)(C)C)CC1. The van der Waals surface area contributed by atoms with Crippen LogP contribution in [0.1, 0.15) is 52.8 Å². The summed E-state index contributed by atoms with van der Waals surface area (Å²) in [7, 11) is 0. The molecule has 0 spiro atoms. The number of fused-ring (bicyclic) bond motifs is 1. The Hall–Kier alpha value is -2.94. The summed E-state index contributed by atoms with van der Waals surface area (Å²) in [6, 6.07) is 4.02. The van der Waals surface area contributed by atoms with Crippen molar-refractivity contribution in [2.24, 2.45) is 0 Å². The molecule has 0 bridgehead atoms. The Morgan fingerprint density at radius 2 is 2.09 bits per heavy atom. The van der Waals surface area contributed by atoms with E-state index in [0.717, 1.165) is 36.8 Å². The van der Waals surface area contributed by atoms with E-state index in [9.17, 15) is 4.79 Å². The molecule has 4 rings (SSSR count). The fourth-order valence-corrected chi connectivity index (χ4v) is 4.01. The first-order valence-electron chi connectivity index (χ1n) is 11.2. The zero-order valence-electron chi connectivity index (χ0n) is 19.2. The molecule has 9 heteroatoms. The van der Waals surface area contributed by atoms with Gasteiger partial charge in [0.15, 0.2) is 11.6 Å². The molecule has 1 amide bonds. The van der Waals surface area contributed by atoms with E-state index in [1.807, 2.05) is 32.9 Å². The van der Waals surface area contributed by atoms with E-state index in [4.69, 9.17) is 13.7 Å². The predicted octanol–water partition coefficient (Wildman–Crippen LogP) is 4.49. The highest BCUT2D eigenvalue weighted by Gasteiger charge is 2.30. The summed E-state index contributed by atoms with van der Waals surface area (Å²) < 4.78 is 16.8. The molecule has 0 N–H and O–H groups in total. The monoisotopic (exact) mass is 441 g/mol. The minimum atomic E-state index is -0.477. The molecule has 0 aliphatic carbocycles. The van der Waals surface area contributed by atoms with Crippen molar-refractivity contribution >= 4 is 17.1 Å². The molecule has 32 heavy (non-hydrogen) atoms. The van der Waals surface area contributed by atoms with Crippen LogP contribution in [0.2, 0.25) is 0 Å². The molecule has 0 radical (unpaired) electrons. The average molecular weight is 442 g/mol. The molecule has 1 saturated heterocycles. The van der Waals surface area contributed by atoms with E-state index >= 15 is 0 Å². The largest absolute Gasteiger partial charge is 0.451 e. The van der Waals surface area contributed by atoms with E-state index in [1.165, 1.54) is 0 Å². The van der Waals surface area contributed by atoms with Crippen LogP contribution in [-0.2, 0) is 11.3 Å². The van der Waals surface area contributed by atoms with Gasteiger partial charge in [0.05, 0.1) is 6.54 Å². The standard InChI is InChI=1S/C23H31N5O4/c1-5-10-28(17-7-11-27(12-8-17)22(29)31-23(2,3)4)15-20-25-21(32-26-20)19-13-16-14-24-9-6-18(16)30-19/h6,9,13-14,17H,5,7-8,10-12,15H2,1-4H3. The molecule has 3 aromatic rings. The van der Waals surface area contributed by atoms with Gasteiger partial charge in [-0.15, -0.1) is 0 Å². The van der Waals surface area contributed by atoms with Crippen LogP contribution in [0.4, 0.5) is 4.79 Å². The summed E-state index contributed by atoms with van der Waals surface area (Å²) >= 11 is 0. The highest BCUT2D eigenvalue weighted by molar-refractivity contribution is 5.80. The van der Waals surface area contributed by atoms with Crippen LogP contribution < -0.4 is 0 Å². The summed E-state index contributed by atoms with van der Waals surface area (Å²) in [5.74, 6) is 1.54. The highest BCUT2D eigenvalue weighted by Crippen LogP contribution is 2.27. The van der Waals surface area contributed by atoms with Gasteiger partial charge in [0, 0.05) is 36.9 Å². The van der Waals surface area contributed by atoms with E-state index in [2.05, 4.69) is 26.9 Å². The third kappa shape index (κ3) is 5.27. The second-order valence-corrected chi connectivity index (χ2v) is 9.21. The number of ether oxygens (including phenoxy) is 1. The van der Waals surface area contributed by atoms with E-state index in [1.54, 1.807) is 17.3 Å². The van der Waals surface area contributed by atoms with Crippen molar-refractivity contribution in [3.8, 4) is 11.7 Å². The zero-order valence-corrected chi connectivity index (χ0v) is 19.2. The zero-order chi connectivity index (χ0) is 22.7. The summed E-state index contributed by atoms with van der Waals surface area (Å²) in [5.41, 5.74) is 0.258. The van der Waals surface area contributed by atoms with Crippen LogP contribution in [0.3, 0.4) is 0 Å². The summed E-state index contributed by atoms with van der Waals surface area (Å²) in [6.45, 7) is 10.7. The first-order valence-corrected chi connectivity index (χ1v) is 11.2. The Morgan fingerprint density at radius 1 is 1.31 bits per heavy atom. The fraction of sp³-hybridized carbons (Fsp3) is 0.565. The predicted molar refractivity (Wildman–Crippen MR) is 119 cm³/mol. The van der Waals surface area contributed by atoms with Gasteiger partial charge in [0.2, 0.25) is 0 Å². The van der Waals surface area contributed by atoms with Crippen molar-refractivity contribution in [2.75, 3.05) is 19.6 Å². The second-order valence-electron chi connectivity index (χ2n) is 9.21. The minimum absolute atomic E-state index is 0.234. The molecule has 0 aromatic carbocycles. The third-order valence-electron chi connectivity index (χ3n) is 5.48. The van der Waals surface area contributed by atoms with Crippen molar-refractivity contribution in [1.82, 2.24) is 24.9 Å². The average Bonchev–Trinajstić information content (AvgIpc) is 3.39.